The quantitative estimate of drug-likeness (QED) is 0.742. The van der Waals surface area contributed by atoms with Crippen LogP contribution >= 0.6 is 0 Å². The van der Waals surface area contributed by atoms with E-state index in [0.29, 0.717) is 17.1 Å². The van der Waals surface area contributed by atoms with E-state index in [-0.39, 0.29) is 11.7 Å². The van der Waals surface area contributed by atoms with Crippen LogP contribution in [0, 0.1) is 12.7 Å². The number of pyridine rings is 1. The number of benzene rings is 2. The Morgan fingerprint density at radius 1 is 0.917 bits per heavy atom. The average molecular weight is 321 g/mol. The Balaban J connectivity index is 1.64. The van der Waals surface area contributed by atoms with Crippen molar-refractivity contribution in [1.82, 2.24) is 4.98 Å². The van der Waals surface area contributed by atoms with Crippen molar-refractivity contribution in [2.24, 2.45) is 0 Å². The predicted octanol–water partition coefficient (Wildman–Crippen LogP) is 4.53. The van der Waals surface area contributed by atoms with Crippen molar-refractivity contribution in [3.8, 4) is 0 Å². The summed E-state index contributed by atoms with van der Waals surface area (Å²) in [7, 11) is 0. The maximum atomic E-state index is 12.9. The van der Waals surface area contributed by atoms with Crippen LogP contribution in [0.25, 0.3) is 0 Å². The Bertz CT molecular complexity index is 828. The number of aromatic nitrogens is 1. The van der Waals surface area contributed by atoms with E-state index in [1.807, 2.05) is 19.1 Å². The van der Waals surface area contributed by atoms with E-state index in [1.54, 1.807) is 42.6 Å². The zero-order valence-corrected chi connectivity index (χ0v) is 13.1. The molecule has 0 saturated heterocycles. The van der Waals surface area contributed by atoms with Crippen LogP contribution in [0.15, 0.2) is 66.9 Å². The molecule has 0 saturated carbocycles. The van der Waals surface area contributed by atoms with Gasteiger partial charge in [0.15, 0.2) is 0 Å². The summed E-state index contributed by atoms with van der Waals surface area (Å²) in [5, 5.41) is 5.86. The summed E-state index contributed by atoms with van der Waals surface area (Å²) in [6.07, 6.45) is 1.57. The van der Waals surface area contributed by atoms with Gasteiger partial charge < -0.3 is 10.6 Å². The smallest absolute Gasteiger partial charge is 0.255 e. The van der Waals surface area contributed by atoms with Crippen LogP contribution in [-0.4, -0.2) is 10.9 Å². The molecule has 0 bridgehead atoms. The molecule has 1 heterocycles. The highest BCUT2D eigenvalue weighted by Crippen LogP contribution is 2.17. The number of rotatable bonds is 4. The number of nitrogens with one attached hydrogen (secondary N) is 2. The van der Waals surface area contributed by atoms with Gasteiger partial charge in [-0.1, -0.05) is 17.7 Å². The van der Waals surface area contributed by atoms with Crippen molar-refractivity contribution < 1.29 is 9.18 Å². The fraction of sp³-hybridized carbons (Fsp3) is 0.0526. The van der Waals surface area contributed by atoms with Gasteiger partial charge >= 0.3 is 0 Å². The molecule has 0 aliphatic carbocycles. The molecule has 0 aliphatic heterocycles. The standard InChI is InChI=1S/C19H16FN3O/c1-13-2-4-14(5-3-13)19(24)23-17-10-11-18(21-12-17)22-16-8-6-15(20)7-9-16/h2-12H,1H3,(H,21,22)(H,23,24). The molecule has 4 nitrogen and oxygen atoms in total. The van der Waals surface area contributed by atoms with Crippen LogP contribution in [0.4, 0.5) is 21.6 Å². The molecule has 24 heavy (non-hydrogen) atoms. The lowest BCUT2D eigenvalue weighted by Crippen LogP contribution is -2.12. The maximum Gasteiger partial charge on any atom is 0.255 e. The van der Waals surface area contributed by atoms with Gasteiger partial charge in [-0.2, -0.15) is 0 Å². The summed E-state index contributed by atoms with van der Waals surface area (Å²) in [5.41, 5.74) is 3.03. The van der Waals surface area contributed by atoms with E-state index in [0.717, 1.165) is 11.3 Å². The van der Waals surface area contributed by atoms with Crippen molar-refractivity contribution in [2.45, 2.75) is 6.92 Å². The molecule has 1 amide bonds. The van der Waals surface area contributed by atoms with E-state index in [1.165, 1.54) is 12.1 Å². The third kappa shape index (κ3) is 3.95. The molecule has 0 fully saturated rings. The Labute approximate surface area is 139 Å². The molecule has 0 unspecified atom stereocenters. The van der Waals surface area contributed by atoms with Gasteiger partial charge in [0.2, 0.25) is 0 Å². The molecule has 3 aromatic rings. The van der Waals surface area contributed by atoms with Crippen LogP contribution in [-0.2, 0) is 0 Å². The molecular weight excluding hydrogens is 305 g/mol. The number of hydrogen-bond donors (Lipinski definition) is 2. The number of nitrogens with zero attached hydrogens (tertiary/aromatic N) is 1. The monoisotopic (exact) mass is 321 g/mol. The minimum Gasteiger partial charge on any atom is -0.340 e. The summed E-state index contributed by atoms with van der Waals surface area (Å²) < 4.78 is 12.9. The fourth-order valence-corrected chi connectivity index (χ4v) is 2.13. The van der Waals surface area contributed by atoms with Gasteiger partial charge in [-0.3, -0.25) is 4.79 Å². The van der Waals surface area contributed by atoms with Gasteiger partial charge in [0.05, 0.1) is 11.9 Å². The molecule has 2 aromatic carbocycles. The predicted molar refractivity (Wildman–Crippen MR) is 93.1 cm³/mol. The number of carbonyl (C=O) groups is 1. The van der Waals surface area contributed by atoms with E-state index in [9.17, 15) is 9.18 Å². The molecule has 0 aliphatic rings. The van der Waals surface area contributed by atoms with Crippen molar-refractivity contribution in [1.29, 1.82) is 0 Å². The van der Waals surface area contributed by atoms with Crippen LogP contribution in [0.5, 0.6) is 0 Å². The summed E-state index contributed by atoms with van der Waals surface area (Å²) >= 11 is 0. The van der Waals surface area contributed by atoms with Gasteiger partial charge in [0.1, 0.15) is 11.6 Å². The molecule has 120 valence electrons. The highest BCUT2D eigenvalue weighted by molar-refractivity contribution is 6.04. The summed E-state index contributed by atoms with van der Waals surface area (Å²) in [4.78, 5) is 16.4. The highest BCUT2D eigenvalue weighted by atomic mass is 19.1. The molecule has 0 atom stereocenters. The second-order valence-corrected chi connectivity index (χ2v) is 5.38. The maximum absolute atomic E-state index is 12.9. The van der Waals surface area contributed by atoms with Gasteiger partial charge in [0.25, 0.3) is 5.91 Å². The molecule has 0 radical (unpaired) electrons. The number of aryl methyl sites for hydroxylation is 1. The summed E-state index contributed by atoms with van der Waals surface area (Å²) in [6, 6.07) is 16.8. The molecular formula is C19H16FN3O. The van der Waals surface area contributed by atoms with Gasteiger partial charge in [-0.25, -0.2) is 9.37 Å². The topological polar surface area (TPSA) is 54.0 Å². The zero-order chi connectivity index (χ0) is 16.9. The zero-order valence-electron chi connectivity index (χ0n) is 13.1. The number of hydrogen-bond acceptors (Lipinski definition) is 3. The minimum atomic E-state index is -0.289. The van der Waals surface area contributed by atoms with Crippen molar-refractivity contribution in [3.05, 3.63) is 83.8 Å². The summed E-state index contributed by atoms with van der Waals surface area (Å²) in [6.45, 7) is 1.97. The first kappa shape index (κ1) is 15.7. The van der Waals surface area contributed by atoms with E-state index in [2.05, 4.69) is 15.6 Å². The summed E-state index contributed by atoms with van der Waals surface area (Å²) in [5.74, 6) is 0.133. The van der Waals surface area contributed by atoms with Crippen LogP contribution in [0.2, 0.25) is 0 Å². The normalized spacial score (nSPS) is 10.2. The Kier molecular flexibility index (Phi) is 4.52. The molecule has 5 heteroatoms. The molecule has 1 aromatic heterocycles. The second kappa shape index (κ2) is 6.91. The van der Waals surface area contributed by atoms with Crippen LogP contribution < -0.4 is 10.6 Å². The number of amides is 1. The Hall–Kier alpha value is -3.21. The van der Waals surface area contributed by atoms with Gasteiger partial charge in [0, 0.05) is 11.3 Å². The first-order chi connectivity index (χ1) is 11.6. The van der Waals surface area contributed by atoms with Crippen molar-refractivity contribution >= 4 is 23.1 Å². The van der Waals surface area contributed by atoms with Gasteiger partial charge in [-0.15, -0.1) is 0 Å². The van der Waals surface area contributed by atoms with Crippen LogP contribution in [0.3, 0.4) is 0 Å². The largest absolute Gasteiger partial charge is 0.340 e. The molecule has 2 N–H and O–H groups in total. The van der Waals surface area contributed by atoms with Crippen LogP contribution in [0.1, 0.15) is 15.9 Å². The SMILES string of the molecule is Cc1ccc(C(=O)Nc2ccc(Nc3ccc(F)cc3)nc2)cc1. The fourth-order valence-electron chi connectivity index (χ4n) is 2.13. The van der Waals surface area contributed by atoms with E-state index < -0.39 is 0 Å². The van der Waals surface area contributed by atoms with Crippen molar-refractivity contribution in [2.75, 3.05) is 10.6 Å². The first-order valence-electron chi connectivity index (χ1n) is 7.47. The lowest BCUT2D eigenvalue weighted by atomic mass is 10.1. The Morgan fingerprint density at radius 3 is 2.21 bits per heavy atom. The third-order valence-corrected chi connectivity index (χ3v) is 3.45. The highest BCUT2D eigenvalue weighted by Gasteiger charge is 2.06. The van der Waals surface area contributed by atoms with Crippen molar-refractivity contribution in [3.63, 3.8) is 0 Å². The Morgan fingerprint density at radius 2 is 1.58 bits per heavy atom. The molecule has 0 spiro atoms. The van der Waals surface area contributed by atoms with E-state index >= 15 is 0 Å². The number of carbonyl (C=O) groups excluding carboxylic acids is 1. The molecule has 3 rings (SSSR count). The minimum absolute atomic E-state index is 0.184. The third-order valence-electron chi connectivity index (χ3n) is 3.45. The second-order valence-electron chi connectivity index (χ2n) is 5.38. The van der Waals surface area contributed by atoms with E-state index in [4.69, 9.17) is 0 Å². The first-order valence-corrected chi connectivity index (χ1v) is 7.47. The lowest BCUT2D eigenvalue weighted by Gasteiger charge is -2.08. The lowest BCUT2D eigenvalue weighted by molar-refractivity contribution is 0.102. The van der Waals surface area contributed by atoms with Gasteiger partial charge in [-0.05, 0) is 55.5 Å². The number of halogens is 1. The number of anilines is 3. The average Bonchev–Trinajstić information content (AvgIpc) is 2.59.